The zero-order chi connectivity index (χ0) is 12.4. The molecule has 3 aromatic rings. The lowest BCUT2D eigenvalue weighted by Crippen LogP contribution is -1.98. The Balaban J connectivity index is 1.97. The summed E-state index contributed by atoms with van der Waals surface area (Å²) in [7, 11) is 0. The standard InChI is InChI=1S/C13H11N5/c14-11-8-6-10(7-9-11)13-15-17-18(16-13)12-4-2-1-3-5-12/h1-9H,14H2. The molecule has 3 rings (SSSR count). The first-order valence-corrected chi connectivity index (χ1v) is 5.54. The van der Waals surface area contributed by atoms with Crippen molar-refractivity contribution < 1.29 is 0 Å². The molecule has 0 radical (unpaired) electrons. The number of nitrogens with zero attached hydrogens (tertiary/aromatic N) is 4. The zero-order valence-electron chi connectivity index (χ0n) is 9.56. The van der Waals surface area contributed by atoms with E-state index in [1.807, 2.05) is 54.6 Å². The van der Waals surface area contributed by atoms with Crippen LogP contribution in [0, 0.1) is 0 Å². The average molecular weight is 237 g/mol. The third-order valence-electron chi connectivity index (χ3n) is 2.57. The molecule has 1 aromatic heterocycles. The monoisotopic (exact) mass is 237 g/mol. The molecule has 0 spiro atoms. The van der Waals surface area contributed by atoms with Crippen LogP contribution in [0.2, 0.25) is 0 Å². The van der Waals surface area contributed by atoms with Crippen LogP contribution in [0.3, 0.4) is 0 Å². The number of para-hydroxylation sites is 1. The molecule has 2 N–H and O–H groups in total. The topological polar surface area (TPSA) is 69.6 Å². The summed E-state index contributed by atoms with van der Waals surface area (Å²) < 4.78 is 0. The molecule has 18 heavy (non-hydrogen) atoms. The van der Waals surface area contributed by atoms with Gasteiger partial charge in [0.1, 0.15) is 0 Å². The third kappa shape index (κ3) is 1.93. The van der Waals surface area contributed by atoms with E-state index < -0.39 is 0 Å². The molecule has 2 aromatic carbocycles. The van der Waals surface area contributed by atoms with Gasteiger partial charge in [0.25, 0.3) is 0 Å². The minimum absolute atomic E-state index is 0.582. The molecule has 0 amide bonds. The molecule has 0 saturated heterocycles. The molecule has 0 bridgehead atoms. The van der Waals surface area contributed by atoms with Gasteiger partial charge < -0.3 is 5.73 Å². The fourth-order valence-electron chi connectivity index (χ4n) is 1.63. The van der Waals surface area contributed by atoms with E-state index in [0.29, 0.717) is 11.5 Å². The van der Waals surface area contributed by atoms with Crippen molar-refractivity contribution >= 4 is 5.69 Å². The summed E-state index contributed by atoms with van der Waals surface area (Å²) >= 11 is 0. The van der Waals surface area contributed by atoms with Crippen molar-refractivity contribution in [3.05, 3.63) is 54.6 Å². The SMILES string of the molecule is Nc1ccc(-c2nnn(-c3ccccc3)n2)cc1. The molecule has 0 aliphatic carbocycles. The molecule has 0 fully saturated rings. The van der Waals surface area contributed by atoms with E-state index in [9.17, 15) is 0 Å². The second kappa shape index (κ2) is 4.29. The molecule has 0 unspecified atom stereocenters. The Hall–Kier alpha value is -2.69. The molecule has 0 aliphatic rings. The van der Waals surface area contributed by atoms with Crippen molar-refractivity contribution in [2.24, 2.45) is 0 Å². The van der Waals surface area contributed by atoms with Crippen LogP contribution in [0.5, 0.6) is 0 Å². The first-order valence-electron chi connectivity index (χ1n) is 5.54. The van der Waals surface area contributed by atoms with Gasteiger partial charge in [-0.3, -0.25) is 0 Å². The van der Waals surface area contributed by atoms with Crippen molar-refractivity contribution in [3.8, 4) is 17.1 Å². The van der Waals surface area contributed by atoms with Crippen LogP contribution in [0.1, 0.15) is 0 Å². The number of hydrogen-bond acceptors (Lipinski definition) is 4. The molecule has 5 nitrogen and oxygen atoms in total. The largest absolute Gasteiger partial charge is 0.399 e. The van der Waals surface area contributed by atoms with E-state index in [-0.39, 0.29) is 0 Å². The lowest BCUT2D eigenvalue weighted by molar-refractivity contribution is 0.720. The molecular weight excluding hydrogens is 226 g/mol. The van der Waals surface area contributed by atoms with Crippen LogP contribution in [0.25, 0.3) is 17.1 Å². The highest BCUT2D eigenvalue weighted by Crippen LogP contribution is 2.16. The average Bonchev–Trinajstić information content (AvgIpc) is 2.90. The zero-order valence-corrected chi connectivity index (χ0v) is 9.56. The summed E-state index contributed by atoms with van der Waals surface area (Å²) in [6.07, 6.45) is 0. The Labute approximate surface area is 104 Å². The van der Waals surface area contributed by atoms with E-state index in [1.54, 1.807) is 0 Å². The first kappa shape index (κ1) is 10.5. The number of rotatable bonds is 2. The lowest BCUT2D eigenvalue weighted by Gasteiger charge is -1.96. The quantitative estimate of drug-likeness (QED) is 0.691. The second-order valence-electron chi connectivity index (χ2n) is 3.86. The number of tetrazole rings is 1. The minimum atomic E-state index is 0.582. The number of anilines is 1. The summed E-state index contributed by atoms with van der Waals surface area (Å²) in [4.78, 5) is 1.51. The number of aromatic nitrogens is 4. The van der Waals surface area contributed by atoms with Crippen LogP contribution in [-0.4, -0.2) is 20.2 Å². The Kier molecular flexibility index (Phi) is 2.49. The highest BCUT2D eigenvalue weighted by Gasteiger charge is 2.06. The summed E-state index contributed by atoms with van der Waals surface area (Å²) in [6.45, 7) is 0. The van der Waals surface area contributed by atoms with E-state index in [2.05, 4.69) is 15.4 Å². The second-order valence-corrected chi connectivity index (χ2v) is 3.86. The Morgan fingerprint density at radius 3 is 2.33 bits per heavy atom. The number of hydrogen-bond donors (Lipinski definition) is 1. The summed E-state index contributed by atoms with van der Waals surface area (Å²) in [5.41, 5.74) is 8.13. The Morgan fingerprint density at radius 1 is 0.889 bits per heavy atom. The van der Waals surface area contributed by atoms with Gasteiger partial charge in [-0.2, -0.15) is 0 Å². The van der Waals surface area contributed by atoms with E-state index >= 15 is 0 Å². The fraction of sp³-hybridized carbons (Fsp3) is 0. The molecule has 0 atom stereocenters. The molecule has 0 aliphatic heterocycles. The highest BCUT2D eigenvalue weighted by atomic mass is 15.6. The van der Waals surface area contributed by atoms with Gasteiger partial charge in [0.2, 0.25) is 5.82 Å². The van der Waals surface area contributed by atoms with Gasteiger partial charge in [0.15, 0.2) is 0 Å². The summed E-state index contributed by atoms with van der Waals surface area (Å²) in [6, 6.07) is 17.0. The minimum Gasteiger partial charge on any atom is -0.399 e. The smallest absolute Gasteiger partial charge is 0.205 e. The van der Waals surface area contributed by atoms with Gasteiger partial charge in [-0.15, -0.1) is 15.0 Å². The highest BCUT2D eigenvalue weighted by molar-refractivity contribution is 5.57. The van der Waals surface area contributed by atoms with Crippen LogP contribution in [0.4, 0.5) is 5.69 Å². The molecule has 1 heterocycles. The number of nitrogens with two attached hydrogens (primary N) is 1. The van der Waals surface area contributed by atoms with Crippen LogP contribution in [-0.2, 0) is 0 Å². The Morgan fingerprint density at radius 2 is 1.61 bits per heavy atom. The van der Waals surface area contributed by atoms with Gasteiger partial charge in [0.05, 0.1) is 5.69 Å². The summed E-state index contributed by atoms with van der Waals surface area (Å²) in [5, 5.41) is 12.4. The maximum atomic E-state index is 5.64. The maximum Gasteiger partial charge on any atom is 0.205 e. The van der Waals surface area contributed by atoms with E-state index in [4.69, 9.17) is 5.73 Å². The fourth-order valence-corrected chi connectivity index (χ4v) is 1.63. The third-order valence-corrected chi connectivity index (χ3v) is 2.57. The van der Waals surface area contributed by atoms with Crippen LogP contribution < -0.4 is 5.73 Å². The van der Waals surface area contributed by atoms with Crippen molar-refractivity contribution in [2.75, 3.05) is 5.73 Å². The number of benzene rings is 2. The van der Waals surface area contributed by atoms with Gasteiger partial charge in [-0.1, -0.05) is 18.2 Å². The van der Waals surface area contributed by atoms with Crippen molar-refractivity contribution in [1.29, 1.82) is 0 Å². The van der Waals surface area contributed by atoms with Crippen LogP contribution >= 0.6 is 0 Å². The predicted octanol–water partition coefficient (Wildman–Crippen LogP) is 1.91. The van der Waals surface area contributed by atoms with Crippen molar-refractivity contribution in [2.45, 2.75) is 0 Å². The van der Waals surface area contributed by atoms with Gasteiger partial charge in [-0.25, -0.2) is 0 Å². The maximum absolute atomic E-state index is 5.64. The summed E-state index contributed by atoms with van der Waals surface area (Å²) in [5.74, 6) is 0.582. The van der Waals surface area contributed by atoms with Crippen molar-refractivity contribution in [1.82, 2.24) is 20.2 Å². The molecule has 88 valence electrons. The van der Waals surface area contributed by atoms with Gasteiger partial charge >= 0.3 is 0 Å². The van der Waals surface area contributed by atoms with E-state index in [1.165, 1.54) is 4.80 Å². The lowest BCUT2D eigenvalue weighted by atomic mass is 10.2. The first-order chi connectivity index (χ1) is 8.83. The van der Waals surface area contributed by atoms with Crippen LogP contribution in [0.15, 0.2) is 54.6 Å². The molecule has 5 heteroatoms. The molecule has 0 saturated carbocycles. The van der Waals surface area contributed by atoms with E-state index in [0.717, 1.165) is 11.3 Å². The predicted molar refractivity (Wildman–Crippen MR) is 69.0 cm³/mol. The van der Waals surface area contributed by atoms with Crippen molar-refractivity contribution in [3.63, 3.8) is 0 Å². The molecular formula is C13H11N5. The Bertz CT molecular complexity index is 643. The normalized spacial score (nSPS) is 10.4. The van der Waals surface area contributed by atoms with Gasteiger partial charge in [-0.05, 0) is 41.6 Å². The van der Waals surface area contributed by atoms with Gasteiger partial charge in [0, 0.05) is 11.3 Å². The number of nitrogen functional groups attached to an aromatic ring is 1.